The number of nitrogens with zero attached hydrogens (tertiary/aromatic N) is 4. The van der Waals surface area contributed by atoms with E-state index in [1.165, 1.54) is 17.5 Å². The summed E-state index contributed by atoms with van der Waals surface area (Å²) in [6.45, 7) is 4.16. The van der Waals surface area contributed by atoms with Crippen LogP contribution in [0.4, 0.5) is 5.95 Å². The lowest BCUT2D eigenvalue weighted by molar-refractivity contribution is 0.401. The van der Waals surface area contributed by atoms with E-state index in [4.69, 9.17) is 10.5 Å². The lowest BCUT2D eigenvalue weighted by atomic mass is 10.0. The van der Waals surface area contributed by atoms with Crippen LogP contribution in [0.3, 0.4) is 0 Å². The predicted octanol–water partition coefficient (Wildman–Crippen LogP) is 2.33. The number of ether oxygens (including phenoxy) is 1. The minimum atomic E-state index is 0.0239. The third-order valence-corrected chi connectivity index (χ3v) is 3.69. The number of fused-ring (bicyclic) bond motifs is 1. The maximum Gasteiger partial charge on any atom is 0.245 e. The lowest BCUT2D eigenvalue weighted by Crippen LogP contribution is -2.12. The number of rotatable bonds is 3. The van der Waals surface area contributed by atoms with E-state index >= 15 is 0 Å². The quantitative estimate of drug-likeness (QED) is 0.798. The molecular formula is C15H17N5O. The molecule has 0 aliphatic carbocycles. The van der Waals surface area contributed by atoms with E-state index < -0.39 is 0 Å². The van der Waals surface area contributed by atoms with Gasteiger partial charge in [0.1, 0.15) is 6.33 Å². The van der Waals surface area contributed by atoms with Crippen molar-refractivity contribution in [2.24, 2.45) is 0 Å². The van der Waals surface area contributed by atoms with E-state index in [9.17, 15) is 0 Å². The fourth-order valence-electron chi connectivity index (χ4n) is 2.63. The fraction of sp³-hybridized carbons (Fsp3) is 0.267. The van der Waals surface area contributed by atoms with E-state index in [1.54, 1.807) is 7.11 Å². The Morgan fingerprint density at radius 3 is 2.71 bits per heavy atom. The second kappa shape index (κ2) is 5.05. The van der Waals surface area contributed by atoms with Crippen molar-refractivity contribution in [1.29, 1.82) is 0 Å². The first kappa shape index (κ1) is 13.4. The molecule has 1 unspecified atom stereocenters. The first-order chi connectivity index (χ1) is 10.1. The standard InChI is InChI=1S/C15H17N5O/c1-9-6-4-5-7-11(9)10(2)20-13-12(19-15(20)16)14(21-3)18-8-17-13/h4-8,10H,1-3H3,(H2,16,19). The molecule has 3 rings (SSSR count). The third kappa shape index (κ3) is 2.08. The second-order valence-electron chi connectivity index (χ2n) is 4.93. The maximum absolute atomic E-state index is 6.09. The minimum Gasteiger partial charge on any atom is -0.479 e. The van der Waals surface area contributed by atoms with Gasteiger partial charge in [-0.3, -0.25) is 4.57 Å². The number of aryl methyl sites for hydroxylation is 1. The summed E-state index contributed by atoms with van der Waals surface area (Å²) in [5.41, 5.74) is 9.73. The van der Waals surface area contributed by atoms with Gasteiger partial charge in [-0.2, -0.15) is 4.98 Å². The van der Waals surface area contributed by atoms with Gasteiger partial charge in [0.15, 0.2) is 11.2 Å². The number of hydrogen-bond donors (Lipinski definition) is 1. The van der Waals surface area contributed by atoms with Crippen LogP contribution in [0.5, 0.6) is 5.88 Å². The summed E-state index contributed by atoms with van der Waals surface area (Å²) in [5.74, 6) is 0.835. The normalized spacial score (nSPS) is 12.5. The number of aromatic nitrogens is 4. The van der Waals surface area contributed by atoms with Crippen LogP contribution in [0.25, 0.3) is 11.2 Å². The van der Waals surface area contributed by atoms with Gasteiger partial charge in [0.25, 0.3) is 0 Å². The zero-order valence-corrected chi connectivity index (χ0v) is 12.2. The molecule has 0 saturated carbocycles. The molecule has 6 heteroatoms. The monoisotopic (exact) mass is 283 g/mol. The van der Waals surface area contributed by atoms with Crippen molar-refractivity contribution in [2.45, 2.75) is 19.9 Å². The molecule has 108 valence electrons. The summed E-state index contributed by atoms with van der Waals surface area (Å²) >= 11 is 0. The molecule has 3 aromatic rings. The smallest absolute Gasteiger partial charge is 0.245 e. The summed E-state index contributed by atoms with van der Waals surface area (Å²) in [4.78, 5) is 12.7. The Labute approximate surface area is 122 Å². The Morgan fingerprint density at radius 1 is 1.24 bits per heavy atom. The van der Waals surface area contributed by atoms with Gasteiger partial charge in [-0.1, -0.05) is 24.3 Å². The number of hydrogen-bond acceptors (Lipinski definition) is 5. The van der Waals surface area contributed by atoms with Crippen molar-refractivity contribution in [1.82, 2.24) is 19.5 Å². The summed E-state index contributed by atoms with van der Waals surface area (Å²) < 4.78 is 7.13. The predicted molar refractivity (Wildman–Crippen MR) is 81.3 cm³/mol. The van der Waals surface area contributed by atoms with Gasteiger partial charge in [0.2, 0.25) is 11.8 Å². The van der Waals surface area contributed by atoms with Gasteiger partial charge in [-0.15, -0.1) is 0 Å². The molecule has 1 atom stereocenters. The Kier molecular flexibility index (Phi) is 3.21. The van der Waals surface area contributed by atoms with Crippen LogP contribution in [0, 0.1) is 6.92 Å². The van der Waals surface area contributed by atoms with Gasteiger partial charge in [-0.25, -0.2) is 9.97 Å². The van der Waals surface area contributed by atoms with Crippen molar-refractivity contribution in [3.8, 4) is 5.88 Å². The third-order valence-electron chi connectivity index (χ3n) is 3.69. The number of nitrogens with two attached hydrogens (primary N) is 1. The number of benzene rings is 1. The first-order valence-electron chi connectivity index (χ1n) is 6.71. The number of anilines is 1. The van der Waals surface area contributed by atoms with Gasteiger partial charge in [-0.05, 0) is 25.0 Å². The molecule has 0 aliphatic heterocycles. The Bertz CT molecular complexity index is 796. The van der Waals surface area contributed by atoms with Crippen LogP contribution in [0.1, 0.15) is 24.1 Å². The molecular weight excluding hydrogens is 266 g/mol. The molecule has 1 aromatic carbocycles. The minimum absolute atomic E-state index is 0.0239. The highest BCUT2D eigenvalue weighted by Crippen LogP contribution is 2.30. The zero-order valence-electron chi connectivity index (χ0n) is 12.2. The van der Waals surface area contributed by atoms with E-state index in [-0.39, 0.29) is 6.04 Å². The highest BCUT2D eigenvalue weighted by molar-refractivity contribution is 5.79. The second-order valence-corrected chi connectivity index (χ2v) is 4.93. The molecule has 0 spiro atoms. The number of imidazole rings is 1. The van der Waals surface area contributed by atoms with E-state index in [1.807, 2.05) is 16.7 Å². The van der Waals surface area contributed by atoms with Crippen LogP contribution in [-0.2, 0) is 0 Å². The SMILES string of the molecule is COc1ncnc2c1nc(N)n2C(C)c1ccccc1C. The molecule has 0 saturated heterocycles. The molecule has 2 N–H and O–H groups in total. The van der Waals surface area contributed by atoms with E-state index in [2.05, 4.69) is 40.9 Å². The summed E-state index contributed by atoms with van der Waals surface area (Å²) in [7, 11) is 1.56. The fourth-order valence-corrected chi connectivity index (χ4v) is 2.63. The molecule has 0 amide bonds. The summed E-state index contributed by atoms with van der Waals surface area (Å²) in [6.07, 6.45) is 1.46. The molecule has 6 nitrogen and oxygen atoms in total. The largest absolute Gasteiger partial charge is 0.479 e. The molecule has 2 heterocycles. The maximum atomic E-state index is 6.09. The van der Waals surface area contributed by atoms with E-state index in [0.717, 1.165) is 0 Å². The Balaban J connectivity index is 2.21. The molecule has 0 bridgehead atoms. The van der Waals surface area contributed by atoms with E-state index in [0.29, 0.717) is 23.0 Å². The zero-order chi connectivity index (χ0) is 15.0. The van der Waals surface area contributed by atoms with Crippen LogP contribution >= 0.6 is 0 Å². The number of methoxy groups -OCH3 is 1. The molecule has 0 radical (unpaired) electrons. The van der Waals surface area contributed by atoms with Gasteiger partial charge >= 0.3 is 0 Å². The first-order valence-corrected chi connectivity index (χ1v) is 6.71. The Morgan fingerprint density at radius 2 is 2.00 bits per heavy atom. The van der Waals surface area contributed by atoms with Crippen molar-refractivity contribution in [2.75, 3.05) is 12.8 Å². The highest BCUT2D eigenvalue weighted by atomic mass is 16.5. The summed E-state index contributed by atoms with van der Waals surface area (Å²) in [5, 5.41) is 0. The van der Waals surface area contributed by atoms with Crippen molar-refractivity contribution in [3.05, 3.63) is 41.7 Å². The lowest BCUT2D eigenvalue weighted by Gasteiger charge is -2.17. The van der Waals surface area contributed by atoms with Crippen LogP contribution in [0.15, 0.2) is 30.6 Å². The van der Waals surface area contributed by atoms with Gasteiger partial charge in [0.05, 0.1) is 13.2 Å². The van der Waals surface area contributed by atoms with Crippen molar-refractivity contribution >= 4 is 17.1 Å². The van der Waals surface area contributed by atoms with Crippen molar-refractivity contribution < 1.29 is 4.74 Å². The molecule has 21 heavy (non-hydrogen) atoms. The molecule has 2 aromatic heterocycles. The molecule has 0 fully saturated rings. The summed E-state index contributed by atoms with van der Waals surface area (Å²) in [6, 6.07) is 8.23. The van der Waals surface area contributed by atoms with Crippen LogP contribution in [-0.4, -0.2) is 26.6 Å². The number of nitrogen functional groups attached to an aromatic ring is 1. The van der Waals surface area contributed by atoms with Gasteiger partial charge < -0.3 is 10.5 Å². The average molecular weight is 283 g/mol. The Hall–Kier alpha value is -2.63. The topological polar surface area (TPSA) is 78.8 Å². The molecule has 0 aliphatic rings. The average Bonchev–Trinajstić information content (AvgIpc) is 2.82. The van der Waals surface area contributed by atoms with Crippen molar-refractivity contribution in [3.63, 3.8) is 0 Å². The van der Waals surface area contributed by atoms with Crippen LogP contribution in [0.2, 0.25) is 0 Å². The van der Waals surface area contributed by atoms with Crippen LogP contribution < -0.4 is 10.5 Å². The van der Waals surface area contributed by atoms with Gasteiger partial charge in [0, 0.05) is 0 Å². The highest BCUT2D eigenvalue weighted by Gasteiger charge is 2.20.